The summed E-state index contributed by atoms with van der Waals surface area (Å²) in [5.41, 5.74) is 2.17. The summed E-state index contributed by atoms with van der Waals surface area (Å²) in [6.07, 6.45) is 1.72. The van der Waals surface area contributed by atoms with Crippen molar-refractivity contribution in [3.8, 4) is 6.07 Å². The van der Waals surface area contributed by atoms with Crippen molar-refractivity contribution in [3.05, 3.63) is 52.0 Å². The second-order valence-electron chi connectivity index (χ2n) is 5.34. The maximum Gasteiger partial charge on any atom is 0.133 e. The van der Waals surface area contributed by atoms with E-state index in [2.05, 4.69) is 33.1 Å². The summed E-state index contributed by atoms with van der Waals surface area (Å²) in [6.45, 7) is 2.56. The zero-order valence-electron chi connectivity index (χ0n) is 13.1. The lowest BCUT2D eigenvalue weighted by atomic mass is 10.1. The first-order valence-corrected chi connectivity index (χ1v) is 8.02. The van der Waals surface area contributed by atoms with Gasteiger partial charge in [-0.3, -0.25) is 4.99 Å². The van der Waals surface area contributed by atoms with Crippen molar-refractivity contribution >= 4 is 17.6 Å². The maximum absolute atomic E-state index is 9.30. The Morgan fingerprint density at radius 2 is 2.09 bits per heavy atom. The number of likely N-dealkylation sites (N-methyl/N-ethyl adjacent to an activating group) is 1. The van der Waals surface area contributed by atoms with Gasteiger partial charge in [0.05, 0.1) is 18.7 Å². The van der Waals surface area contributed by atoms with Crippen molar-refractivity contribution in [1.29, 1.82) is 5.26 Å². The SMILES string of the molecule is Cc1csc([C@H](C#N)C=NC[C@@H](c2ccccc2)N(C)C)n1. The minimum absolute atomic E-state index is 0.204. The highest BCUT2D eigenvalue weighted by atomic mass is 32.1. The molecule has 0 aliphatic heterocycles. The van der Waals surface area contributed by atoms with Crippen molar-refractivity contribution in [3.63, 3.8) is 0 Å². The molecule has 4 nitrogen and oxygen atoms in total. The predicted molar refractivity (Wildman–Crippen MR) is 91.4 cm³/mol. The molecule has 1 aromatic heterocycles. The molecule has 0 amide bonds. The molecule has 0 saturated heterocycles. The molecule has 0 bridgehead atoms. The molecule has 2 atom stereocenters. The van der Waals surface area contributed by atoms with Crippen LogP contribution in [0.25, 0.3) is 0 Å². The van der Waals surface area contributed by atoms with E-state index < -0.39 is 0 Å². The van der Waals surface area contributed by atoms with Crippen LogP contribution >= 0.6 is 11.3 Å². The maximum atomic E-state index is 9.30. The van der Waals surface area contributed by atoms with Crippen LogP contribution < -0.4 is 0 Å². The molecule has 0 fully saturated rings. The van der Waals surface area contributed by atoms with Gasteiger partial charge in [0, 0.05) is 17.3 Å². The lowest BCUT2D eigenvalue weighted by molar-refractivity contribution is 0.307. The van der Waals surface area contributed by atoms with Crippen molar-refractivity contribution in [1.82, 2.24) is 9.88 Å². The standard InChI is InChI=1S/C17H20N4S/c1-13-12-22-17(20-13)15(9-18)10-19-11-16(21(2)3)14-7-5-4-6-8-14/h4-8,10,12,15-16H,11H2,1-3H3/t15-,16+/m1/s1. The third-order valence-electron chi connectivity index (χ3n) is 3.38. The van der Waals surface area contributed by atoms with Crippen LogP contribution in [-0.4, -0.2) is 36.7 Å². The quantitative estimate of drug-likeness (QED) is 0.768. The minimum atomic E-state index is -0.364. The second kappa shape index (κ2) is 7.83. The molecule has 114 valence electrons. The van der Waals surface area contributed by atoms with E-state index in [1.165, 1.54) is 16.9 Å². The van der Waals surface area contributed by atoms with E-state index in [-0.39, 0.29) is 12.0 Å². The number of nitrogens with zero attached hydrogens (tertiary/aromatic N) is 4. The first kappa shape index (κ1) is 16.3. The van der Waals surface area contributed by atoms with E-state index in [0.29, 0.717) is 6.54 Å². The molecule has 0 spiro atoms. The zero-order valence-corrected chi connectivity index (χ0v) is 13.9. The summed E-state index contributed by atoms with van der Waals surface area (Å²) in [5.74, 6) is -0.364. The Labute approximate surface area is 135 Å². The van der Waals surface area contributed by atoms with Crippen molar-refractivity contribution in [2.24, 2.45) is 4.99 Å². The van der Waals surface area contributed by atoms with Crippen LogP contribution in [0, 0.1) is 18.3 Å². The summed E-state index contributed by atoms with van der Waals surface area (Å²) >= 11 is 1.51. The minimum Gasteiger partial charge on any atom is -0.301 e. The highest BCUT2D eigenvalue weighted by molar-refractivity contribution is 7.09. The van der Waals surface area contributed by atoms with Crippen LogP contribution in [0.4, 0.5) is 0 Å². The van der Waals surface area contributed by atoms with Crippen molar-refractivity contribution < 1.29 is 0 Å². The lowest BCUT2D eigenvalue weighted by Gasteiger charge is -2.23. The van der Waals surface area contributed by atoms with E-state index >= 15 is 0 Å². The summed E-state index contributed by atoms with van der Waals surface area (Å²) < 4.78 is 0. The Balaban J connectivity index is 2.07. The van der Waals surface area contributed by atoms with Gasteiger partial charge in [0.1, 0.15) is 10.9 Å². The molecule has 0 saturated carbocycles. The van der Waals surface area contributed by atoms with Gasteiger partial charge in [-0.2, -0.15) is 5.26 Å². The number of hydrogen-bond acceptors (Lipinski definition) is 5. The fraction of sp³-hybridized carbons (Fsp3) is 0.353. The molecule has 0 radical (unpaired) electrons. The Kier molecular flexibility index (Phi) is 5.82. The van der Waals surface area contributed by atoms with Gasteiger partial charge in [-0.05, 0) is 26.6 Å². The average Bonchev–Trinajstić information content (AvgIpc) is 2.94. The highest BCUT2D eigenvalue weighted by Crippen LogP contribution is 2.20. The Morgan fingerprint density at radius 1 is 1.36 bits per heavy atom. The number of rotatable bonds is 6. The molecule has 1 aromatic carbocycles. The van der Waals surface area contributed by atoms with Gasteiger partial charge < -0.3 is 4.90 Å². The molecule has 1 heterocycles. The molecular weight excluding hydrogens is 292 g/mol. The molecular formula is C17H20N4S. The Hall–Kier alpha value is -2.03. The summed E-state index contributed by atoms with van der Waals surface area (Å²) in [4.78, 5) is 11.0. The third kappa shape index (κ3) is 4.23. The monoisotopic (exact) mass is 312 g/mol. The number of benzene rings is 1. The average molecular weight is 312 g/mol. The van der Waals surface area contributed by atoms with Gasteiger partial charge in [0.15, 0.2) is 0 Å². The van der Waals surface area contributed by atoms with Crippen molar-refractivity contribution in [2.75, 3.05) is 20.6 Å². The molecule has 0 unspecified atom stereocenters. The molecule has 2 aromatic rings. The van der Waals surface area contributed by atoms with Crippen LogP contribution in [0.15, 0.2) is 40.7 Å². The lowest BCUT2D eigenvalue weighted by Crippen LogP contribution is -2.22. The largest absolute Gasteiger partial charge is 0.301 e. The Bertz CT molecular complexity index is 655. The number of aryl methyl sites for hydroxylation is 1. The van der Waals surface area contributed by atoms with E-state index in [0.717, 1.165) is 10.7 Å². The third-order valence-corrected chi connectivity index (χ3v) is 4.43. The summed E-state index contributed by atoms with van der Waals surface area (Å²) in [6, 6.07) is 12.7. The van der Waals surface area contributed by atoms with Gasteiger partial charge in [-0.15, -0.1) is 11.3 Å². The van der Waals surface area contributed by atoms with Gasteiger partial charge in [0.2, 0.25) is 0 Å². The molecule has 22 heavy (non-hydrogen) atoms. The van der Waals surface area contributed by atoms with E-state index in [1.54, 1.807) is 6.21 Å². The van der Waals surface area contributed by atoms with Crippen LogP contribution in [0.5, 0.6) is 0 Å². The summed E-state index contributed by atoms with van der Waals surface area (Å²) in [5, 5.41) is 12.1. The van der Waals surface area contributed by atoms with Crippen molar-refractivity contribution in [2.45, 2.75) is 18.9 Å². The Morgan fingerprint density at radius 3 is 2.64 bits per heavy atom. The molecule has 0 N–H and O–H groups in total. The van der Waals surface area contributed by atoms with Gasteiger partial charge in [-0.1, -0.05) is 30.3 Å². The summed E-state index contributed by atoms with van der Waals surface area (Å²) in [7, 11) is 4.08. The van der Waals surface area contributed by atoms with E-state index in [9.17, 15) is 5.26 Å². The van der Waals surface area contributed by atoms with Crippen LogP contribution in [0.3, 0.4) is 0 Å². The number of nitriles is 1. The number of hydrogen-bond donors (Lipinski definition) is 0. The van der Waals surface area contributed by atoms with E-state index in [4.69, 9.17) is 0 Å². The predicted octanol–water partition coefficient (Wildman–Crippen LogP) is 3.43. The fourth-order valence-corrected chi connectivity index (χ4v) is 2.98. The molecule has 0 aliphatic rings. The second-order valence-corrected chi connectivity index (χ2v) is 6.23. The number of thiazole rings is 1. The van der Waals surface area contributed by atoms with Crippen LogP contribution in [0.1, 0.15) is 28.2 Å². The van der Waals surface area contributed by atoms with Crippen LogP contribution in [-0.2, 0) is 0 Å². The molecule has 0 aliphatic carbocycles. The normalized spacial score (nSPS) is 14.1. The first-order valence-electron chi connectivity index (χ1n) is 7.14. The van der Waals surface area contributed by atoms with Gasteiger partial charge in [-0.25, -0.2) is 4.98 Å². The van der Waals surface area contributed by atoms with Gasteiger partial charge >= 0.3 is 0 Å². The van der Waals surface area contributed by atoms with Gasteiger partial charge in [0.25, 0.3) is 0 Å². The highest BCUT2D eigenvalue weighted by Gasteiger charge is 2.14. The number of aliphatic imine (C=N–C) groups is 1. The first-order chi connectivity index (χ1) is 10.6. The number of aromatic nitrogens is 1. The molecule has 2 rings (SSSR count). The molecule has 5 heteroatoms. The topological polar surface area (TPSA) is 52.3 Å². The van der Waals surface area contributed by atoms with E-state index in [1.807, 2.05) is 44.6 Å². The van der Waals surface area contributed by atoms with Crippen LogP contribution in [0.2, 0.25) is 0 Å². The smallest absolute Gasteiger partial charge is 0.133 e. The fourth-order valence-electron chi connectivity index (χ4n) is 2.18. The zero-order chi connectivity index (χ0) is 15.9.